The minimum absolute atomic E-state index is 0.0656. The van der Waals surface area contributed by atoms with Crippen LogP contribution in [0.1, 0.15) is 31.2 Å². The van der Waals surface area contributed by atoms with Crippen LogP contribution >= 0.6 is 11.6 Å². The highest BCUT2D eigenvalue weighted by atomic mass is 35.5. The van der Waals surface area contributed by atoms with E-state index in [9.17, 15) is 20.3 Å². The Labute approximate surface area is 120 Å². The highest BCUT2D eigenvalue weighted by Crippen LogP contribution is 2.32. The molecule has 7 heteroatoms. The van der Waals surface area contributed by atoms with Gasteiger partial charge in [-0.1, -0.05) is 11.6 Å². The number of rotatable bonds is 3. The molecule has 1 saturated carbocycles. The molecule has 1 aliphatic carbocycles. The van der Waals surface area contributed by atoms with Crippen molar-refractivity contribution in [3.8, 4) is 5.75 Å². The molecule has 2 N–H and O–H groups in total. The number of aliphatic hydroxyl groups excluding tert-OH is 1. The van der Waals surface area contributed by atoms with Crippen molar-refractivity contribution in [2.75, 3.05) is 0 Å². The second-order valence-electron chi connectivity index (χ2n) is 4.86. The molecule has 0 bridgehead atoms. The molecule has 0 radical (unpaired) electrons. The highest BCUT2D eigenvalue weighted by Gasteiger charge is 2.20. The van der Waals surface area contributed by atoms with Gasteiger partial charge in [-0.05, 0) is 31.7 Å². The van der Waals surface area contributed by atoms with Crippen LogP contribution in [0.2, 0.25) is 5.02 Å². The van der Waals surface area contributed by atoms with Gasteiger partial charge >= 0.3 is 5.69 Å². The molecule has 0 amide bonds. The number of benzene rings is 1. The number of nitro benzene ring substituents is 1. The van der Waals surface area contributed by atoms with Gasteiger partial charge in [-0.15, -0.1) is 0 Å². The Balaban J connectivity index is 2.18. The molecule has 0 atom stereocenters. The molecule has 1 aromatic carbocycles. The maximum atomic E-state index is 10.8. The van der Waals surface area contributed by atoms with Crippen LogP contribution in [0.4, 0.5) is 5.69 Å². The van der Waals surface area contributed by atoms with Crippen LogP contribution in [-0.4, -0.2) is 33.5 Å². The maximum Gasteiger partial charge on any atom is 0.312 e. The summed E-state index contributed by atoms with van der Waals surface area (Å²) in [6, 6.07) is 2.60. The monoisotopic (exact) mass is 298 g/mol. The molecule has 6 nitrogen and oxygen atoms in total. The van der Waals surface area contributed by atoms with Crippen molar-refractivity contribution in [3.05, 3.63) is 32.8 Å². The van der Waals surface area contributed by atoms with E-state index in [1.807, 2.05) is 0 Å². The van der Waals surface area contributed by atoms with Crippen molar-refractivity contribution in [1.29, 1.82) is 0 Å². The van der Waals surface area contributed by atoms with Gasteiger partial charge in [-0.2, -0.15) is 0 Å². The minimum atomic E-state index is -0.685. The molecule has 1 aromatic rings. The largest absolute Gasteiger partial charge is 0.502 e. The molecule has 0 spiro atoms. The Hall–Kier alpha value is -1.66. The van der Waals surface area contributed by atoms with Gasteiger partial charge in [0.05, 0.1) is 17.1 Å². The first-order chi connectivity index (χ1) is 9.47. The van der Waals surface area contributed by atoms with Gasteiger partial charge < -0.3 is 10.2 Å². The van der Waals surface area contributed by atoms with Crippen molar-refractivity contribution in [1.82, 2.24) is 0 Å². The van der Waals surface area contributed by atoms with Gasteiger partial charge in [0.1, 0.15) is 0 Å². The van der Waals surface area contributed by atoms with E-state index in [0.29, 0.717) is 12.8 Å². The molecule has 1 aliphatic rings. The maximum absolute atomic E-state index is 10.8. The number of hydrogen-bond donors (Lipinski definition) is 2. The molecular formula is C13H15ClN2O4. The number of hydrogen-bond acceptors (Lipinski definition) is 5. The van der Waals surface area contributed by atoms with E-state index in [0.717, 1.165) is 18.9 Å². The van der Waals surface area contributed by atoms with Gasteiger partial charge in [0.25, 0.3) is 0 Å². The van der Waals surface area contributed by atoms with Gasteiger partial charge in [0.2, 0.25) is 5.75 Å². The smallest absolute Gasteiger partial charge is 0.312 e. The second-order valence-corrected chi connectivity index (χ2v) is 5.30. The molecule has 2 rings (SSSR count). The average molecular weight is 299 g/mol. The van der Waals surface area contributed by atoms with E-state index >= 15 is 0 Å². The summed E-state index contributed by atoms with van der Waals surface area (Å²) in [6.07, 6.45) is 4.08. The normalized spacial score (nSPS) is 23.1. The lowest BCUT2D eigenvalue weighted by molar-refractivity contribution is -0.385. The summed E-state index contributed by atoms with van der Waals surface area (Å²) in [5.41, 5.74) is -0.201. The zero-order valence-corrected chi connectivity index (χ0v) is 11.5. The summed E-state index contributed by atoms with van der Waals surface area (Å²) >= 11 is 5.80. The lowest BCUT2D eigenvalue weighted by Gasteiger charge is -2.22. The van der Waals surface area contributed by atoms with Crippen molar-refractivity contribution >= 4 is 23.5 Å². The standard InChI is InChI=1S/C13H15ClN2O4/c14-9-5-8(13(18)12(6-9)16(19)20)7-15-10-1-3-11(17)4-2-10/h5-7,10-11,17-18H,1-4H2. The topological polar surface area (TPSA) is 96.0 Å². The van der Waals surface area contributed by atoms with Crippen LogP contribution < -0.4 is 0 Å². The Kier molecular flexibility index (Phi) is 4.57. The van der Waals surface area contributed by atoms with Gasteiger partial charge in [-0.3, -0.25) is 15.1 Å². The van der Waals surface area contributed by atoms with Crippen molar-refractivity contribution < 1.29 is 15.1 Å². The predicted molar refractivity (Wildman–Crippen MR) is 75.6 cm³/mol. The van der Waals surface area contributed by atoms with Crippen LogP contribution in [0.15, 0.2) is 17.1 Å². The van der Waals surface area contributed by atoms with E-state index in [1.165, 1.54) is 12.3 Å². The number of phenolic OH excluding ortho intramolecular Hbond substituents is 1. The fraction of sp³-hybridized carbons (Fsp3) is 0.462. The Bertz CT molecular complexity index is 539. The highest BCUT2D eigenvalue weighted by molar-refractivity contribution is 6.31. The van der Waals surface area contributed by atoms with Crippen LogP contribution in [0.5, 0.6) is 5.75 Å². The van der Waals surface area contributed by atoms with Crippen molar-refractivity contribution in [3.63, 3.8) is 0 Å². The molecule has 0 unspecified atom stereocenters. The quantitative estimate of drug-likeness (QED) is 0.509. The van der Waals surface area contributed by atoms with E-state index in [1.54, 1.807) is 0 Å². The first-order valence-electron chi connectivity index (χ1n) is 6.35. The number of nitrogens with zero attached hydrogens (tertiary/aromatic N) is 2. The zero-order valence-electron chi connectivity index (χ0n) is 10.7. The van der Waals surface area contributed by atoms with Crippen molar-refractivity contribution in [2.45, 2.75) is 37.8 Å². The first kappa shape index (κ1) is 14.7. The summed E-state index contributed by atoms with van der Waals surface area (Å²) in [6.45, 7) is 0. The number of aliphatic imine (C=N–C) groups is 1. The lowest BCUT2D eigenvalue weighted by atomic mass is 9.93. The number of nitro groups is 1. The third kappa shape index (κ3) is 3.46. The number of aliphatic hydroxyl groups is 1. The van der Waals surface area contributed by atoms with Crippen LogP contribution in [0, 0.1) is 10.1 Å². The summed E-state index contributed by atoms with van der Waals surface area (Å²) in [5.74, 6) is -0.431. The summed E-state index contributed by atoms with van der Waals surface area (Å²) in [4.78, 5) is 14.4. The van der Waals surface area contributed by atoms with E-state index < -0.39 is 16.4 Å². The second kappa shape index (κ2) is 6.19. The number of halogens is 1. The molecule has 0 heterocycles. The first-order valence-corrected chi connectivity index (χ1v) is 6.73. The van der Waals surface area contributed by atoms with E-state index in [2.05, 4.69) is 4.99 Å². The van der Waals surface area contributed by atoms with Gasteiger partial charge in [-0.25, -0.2) is 0 Å². The number of phenols is 1. The average Bonchev–Trinajstić information content (AvgIpc) is 2.41. The molecule has 108 valence electrons. The Morgan fingerprint density at radius 2 is 2.00 bits per heavy atom. The van der Waals surface area contributed by atoms with Gasteiger partial charge in [0, 0.05) is 22.9 Å². The molecular weight excluding hydrogens is 284 g/mol. The van der Waals surface area contributed by atoms with E-state index in [-0.39, 0.29) is 22.7 Å². The zero-order chi connectivity index (χ0) is 14.7. The molecule has 0 aromatic heterocycles. The van der Waals surface area contributed by atoms with Crippen molar-refractivity contribution in [2.24, 2.45) is 4.99 Å². The van der Waals surface area contributed by atoms with E-state index in [4.69, 9.17) is 11.6 Å². The number of aromatic hydroxyl groups is 1. The van der Waals surface area contributed by atoms with Crippen LogP contribution in [-0.2, 0) is 0 Å². The summed E-state index contributed by atoms with van der Waals surface area (Å²) < 4.78 is 0. The Morgan fingerprint density at radius 3 is 2.60 bits per heavy atom. The third-order valence-corrected chi connectivity index (χ3v) is 3.59. The Morgan fingerprint density at radius 1 is 1.35 bits per heavy atom. The van der Waals surface area contributed by atoms with Crippen LogP contribution in [0.3, 0.4) is 0 Å². The third-order valence-electron chi connectivity index (χ3n) is 3.37. The summed E-state index contributed by atoms with van der Waals surface area (Å²) in [7, 11) is 0. The van der Waals surface area contributed by atoms with Crippen LogP contribution in [0.25, 0.3) is 0 Å². The molecule has 20 heavy (non-hydrogen) atoms. The molecule has 0 saturated heterocycles. The fourth-order valence-corrected chi connectivity index (χ4v) is 2.46. The molecule has 1 fully saturated rings. The van der Waals surface area contributed by atoms with Gasteiger partial charge in [0.15, 0.2) is 0 Å². The summed E-state index contributed by atoms with van der Waals surface area (Å²) in [5, 5.41) is 30.2. The fourth-order valence-electron chi connectivity index (χ4n) is 2.24. The molecule has 0 aliphatic heterocycles. The lowest BCUT2D eigenvalue weighted by Crippen LogP contribution is -2.20. The minimum Gasteiger partial charge on any atom is -0.502 e. The SMILES string of the molecule is O=[N+]([O-])c1cc(Cl)cc(C=NC2CCC(O)CC2)c1O. The predicted octanol–water partition coefficient (Wildman–Crippen LogP) is 2.68.